The maximum absolute atomic E-state index is 12.6. The van der Waals surface area contributed by atoms with Crippen LogP contribution in [-0.4, -0.2) is 86.8 Å². The van der Waals surface area contributed by atoms with E-state index < -0.39 is 27.8 Å². The van der Waals surface area contributed by atoms with Gasteiger partial charge in [0.2, 0.25) is 0 Å². The van der Waals surface area contributed by atoms with E-state index in [1.54, 1.807) is 0 Å². The molecular weight excluding hydrogens is 523 g/mol. The fourth-order valence-corrected chi connectivity index (χ4v) is 4.04. The van der Waals surface area contributed by atoms with Crippen molar-refractivity contribution < 1.29 is 32.3 Å². The second-order valence-electron chi connectivity index (χ2n) is 7.64. The summed E-state index contributed by atoms with van der Waals surface area (Å²) in [6.45, 7) is 0.0599. The minimum absolute atomic E-state index is 0. The van der Waals surface area contributed by atoms with Gasteiger partial charge in [-0.3, -0.25) is 24.2 Å². The van der Waals surface area contributed by atoms with E-state index in [0.29, 0.717) is 13.0 Å². The molecule has 1 aromatic heterocycles. The molecule has 194 valence electrons. The molecule has 0 aliphatic rings. The average molecular weight is 549 g/mol. The molecule has 0 bridgehead atoms. The Bertz CT molecular complexity index is 1380. The number of carbonyl (C=O) groups is 4. The van der Waals surface area contributed by atoms with Gasteiger partial charge in [0.1, 0.15) is 12.2 Å². The fraction of sp³-hybridized carbons (Fsp3) is 0.160. The van der Waals surface area contributed by atoms with Gasteiger partial charge in [-0.05, 0) is 48.4 Å². The van der Waals surface area contributed by atoms with E-state index in [1.165, 1.54) is 43.5 Å². The fourth-order valence-electron chi connectivity index (χ4n) is 3.07. The summed E-state index contributed by atoms with van der Waals surface area (Å²) >= 11 is 0. The Hall–Kier alpha value is -3.58. The predicted octanol–water partition coefficient (Wildman–Crippen LogP) is 0.427. The Balaban J connectivity index is 0.00000507. The normalized spacial score (nSPS) is 10.4. The van der Waals surface area contributed by atoms with Gasteiger partial charge in [-0.25, -0.2) is 13.1 Å². The Labute approximate surface area is 241 Å². The molecule has 0 saturated heterocycles. The molecule has 0 aliphatic heterocycles. The quantitative estimate of drug-likeness (QED) is 0.243. The van der Waals surface area contributed by atoms with Crippen molar-refractivity contribution in [2.45, 2.75) is 11.3 Å². The second kappa shape index (κ2) is 14.4. The zero-order valence-electron chi connectivity index (χ0n) is 19.8. The van der Waals surface area contributed by atoms with Crippen LogP contribution in [-0.2, 0) is 26.0 Å². The number of hydrogen-bond acceptors (Lipinski definition) is 8. The maximum atomic E-state index is 12.6. The van der Waals surface area contributed by atoms with Crippen LogP contribution in [0, 0.1) is 0 Å². The van der Waals surface area contributed by atoms with Crippen LogP contribution in [0.2, 0.25) is 0 Å². The summed E-state index contributed by atoms with van der Waals surface area (Å²) in [6, 6.07) is 17.2. The number of benzene rings is 2. The third-order valence-electron chi connectivity index (χ3n) is 5.08. The van der Waals surface area contributed by atoms with Crippen molar-refractivity contribution in [2.75, 3.05) is 20.2 Å². The van der Waals surface area contributed by atoms with Crippen LogP contribution in [0.3, 0.4) is 0 Å². The number of aromatic nitrogens is 1. The summed E-state index contributed by atoms with van der Waals surface area (Å²) in [5, 5.41) is 5.06. The zero-order valence-corrected chi connectivity index (χ0v) is 20.6. The molecule has 3 aromatic rings. The van der Waals surface area contributed by atoms with Gasteiger partial charge in [0, 0.05) is 18.3 Å². The second-order valence-corrected chi connectivity index (χ2v) is 9.32. The standard InChI is InChI=1S/C25H24N4O7S.Na.H/c1-36-22(30)16-28-25(33)21-12-9-19(15-27-21)24(32)29-37(34,35)20-10-7-18(8-11-20)23(31)26-14-13-17-5-3-2-4-6-17;;/h2-12,15H,13-14,16H2,1H3,(H,26,31)(H,28,33)(H,29,32);;. The summed E-state index contributed by atoms with van der Waals surface area (Å²) < 4.78 is 31.6. The molecule has 13 heteroatoms. The van der Waals surface area contributed by atoms with E-state index >= 15 is 0 Å². The number of methoxy groups -OCH3 is 1. The topological polar surface area (TPSA) is 161 Å². The summed E-state index contributed by atoms with van der Waals surface area (Å²) in [7, 11) is -3.07. The van der Waals surface area contributed by atoms with Crippen molar-refractivity contribution >= 4 is 63.3 Å². The molecule has 3 rings (SSSR count). The average Bonchev–Trinajstić information content (AvgIpc) is 2.92. The summed E-state index contributed by atoms with van der Waals surface area (Å²) in [5.41, 5.74) is 1.15. The first-order chi connectivity index (χ1) is 17.7. The SMILES string of the molecule is COC(=O)CNC(=O)c1ccc(C(=O)NS(=O)(=O)c2ccc(C(=O)NCCc3ccccc3)cc2)cn1.[NaH]. The van der Waals surface area contributed by atoms with Gasteiger partial charge in [-0.15, -0.1) is 0 Å². The molecule has 3 N–H and O–H groups in total. The minimum atomic E-state index is -4.24. The van der Waals surface area contributed by atoms with Crippen molar-refractivity contribution in [1.82, 2.24) is 20.3 Å². The number of ether oxygens (including phenoxy) is 1. The number of nitrogens with zero attached hydrogens (tertiary/aromatic N) is 1. The molecule has 38 heavy (non-hydrogen) atoms. The Morgan fingerprint density at radius 1 is 0.816 bits per heavy atom. The van der Waals surface area contributed by atoms with E-state index in [2.05, 4.69) is 20.4 Å². The van der Waals surface area contributed by atoms with Crippen LogP contribution in [0.1, 0.15) is 36.8 Å². The molecule has 0 unspecified atom stereocenters. The van der Waals surface area contributed by atoms with Crippen LogP contribution in [0.4, 0.5) is 0 Å². The van der Waals surface area contributed by atoms with Gasteiger partial charge >= 0.3 is 35.5 Å². The number of sulfonamides is 1. The van der Waals surface area contributed by atoms with Crippen molar-refractivity contribution in [3.05, 3.63) is 95.3 Å². The number of esters is 1. The number of nitrogens with one attached hydrogen (secondary N) is 3. The molecule has 0 aliphatic carbocycles. The summed E-state index contributed by atoms with van der Waals surface area (Å²) in [5.74, 6) is -2.64. The van der Waals surface area contributed by atoms with Gasteiger partial charge in [0.15, 0.2) is 0 Å². The summed E-state index contributed by atoms with van der Waals surface area (Å²) in [4.78, 5) is 51.4. The molecule has 2 aromatic carbocycles. The van der Waals surface area contributed by atoms with Gasteiger partial charge in [0.05, 0.1) is 17.6 Å². The first kappa shape index (κ1) is 30.6. The van der Waals surface area contributed by atoms with Crippen molar-refractivity contribution in [3.8, 4) is 0 Å². The van der Waals surface area contributed by atoms with E-state index in [1.807, 2.05) is 35.1 Å². The number of carbonyl (C=O) groups excluding carboxylic acids is 4. The number of hydrogen-bond donors (Lipinski definition) is 3. The number of pyridine rings is 1. The third-order valence-corrected chi connectivity index (χ3v) is 6.42. The van der Waals surface area contributed by atoms with E-state index in [4.69, 9.17) is 0 Å². The van der Waals surface area contributed by atoms with Gasteiger partial charge in [0.25, 0.3) is 27.7 Å². The zero-order chi connectivity index (χ0) is 26.8. The van der Waals surface area contributed by atoms with Crippen molar-refractivity contribution in [1.29, 1.82) is 0 Å². The molecular formula is C25H25N4NaO7S. The number of rotatable bonds is 10. The summed E-state index contributed by atoms with van der Waals surface area (Å²) in [6.07, 6.45) is 1.68. The molecule has 1 heterocycles. The van der Waals surface area contributed by atoms with Gasteiger partial charge in [-0.1, -0.05) is 30.3 Å². The molecule has 0 spiro atoms. The number of amides is 3. The van der Waals surface area contributed by atoms with E-state index in [9.17, 15) is 27.6 Å². The molecule has 3 amide bonds. The predicted molar refractivity (Wildman–Crippen MR) is 139 cm³/mol. The molecule has 11 nitrogen and oxygen atoms in total. The van der Waals surface area contributed by atoms with Crippen molar-refractivity contribution in [3.63, 3.8) is 0 Å². The van der Waals surface area contributed by atoms with Gasteiger partial charge in [-0.2, -0.15) is 0 Å². The van der Waals surface area contributed by atoms with E-state index in [0.717, 1.165) is 11.8 Å². The van der Waals surface area contributed by atoms with Gasteiger partial charge < -0.3 is 15.4 Å². The molecule has 0 saturated carbocycles. The Morgan fingerprint density at radius 3 is 2.08 bits per heavy atom. The van der Waals surface area contributed by atoms with Crippen molar-refractivity contribution in [2.24, 2.45) is 0 Å². The Morgan fingerprint density at radius 2 is 1.47 bits per heavy atom. The van der Waals surface area contributed by atoms with E-state index in [-0.39, 0.29) is 63.7 Å². The molecule has 0 atom stereocenters. The van der Waals surface area contributed by atoms with Crippen LogP contribution in [0.25, 0.3) is 0 Å². The monoisotopic (exact) mass is 548 g/mol. The van der Waals surface area contributed by atoms with Crippen LogP contribution in [0.15, 0.2) is 77.8 Å². The first-order valence-corrected chi connectivity index (χ1v) is 12.5. The first-order valence-electron chi connectivity index (χ1n) is 11.0. The molecule has 0 radical (unpaired) electrons. The van der Waals surface area contributed by atoms with Crippen LogP contribution < -0.4 is 15.4 Å². The third kappa shape index (κ3) is 8.77. The Kier molecular flexibility index (Phi) is 11.6. The van der Waals surface area contributed by atoms with Crippen LogP contribution in [0.5, 0.6) is 0 Å². The van der Waals surface area contributed by atoms with Crippen LogP contribution >= 0.6 is 0 Å². The molecule has 0 fully saturated rings.